The monoisotopic (exact) mass is 150 g/mol. The van der Waals surface area contributed by atoms with Crippen LogP contribution in [-0.2, 0) is 6.42 Å². The molecule has 0 fully saturated rings. The lowest BCUT2D eigenvalue weighted by Crippen LogP contribution is -1.94. The van der Waals surface area contributed by atoms with Gasteiger partial charge in [0.05, 0.1) is 0 Å². The van der Waals surface area contributed by atoms with E-state index in [9.17, 15) is 0 Å². The molecule has 0 aliphatic heterocycles. The van der Waals surface area contributed by atoms with Gasteiger partial charge in [-0.25, -0.2) is 0 Å². The van der Waals surface area contributed by atoms with Crippen LogP contribution in [0.25, 0.3) is 0 Å². The fourth-order valence-corrected chi connectivity index (χ4v) is 1.01. The number of anilines is 1. The van der Waals surface area contributed by atoms with Crippen molar-refractivity contribution in [1.29, 1.82) is 0 Å². The SMILES string of the molecule is CCCCc1cnccc1N. The first kappa shape index (κ1) is 8.05. The molecule has 0 aliphatic carbocycles. The van der Waals surface area contributed by atoms with Crippen molar-refractivity contribution in [3.63, 3.8) is 0 Å². The first-order valence-electron chi connectivity index (χ1n) is 4.03. The molecule has 2 heteroatoms. The summed E-state index contributed by atoms with van der Waals surface area (Å²) in [6.45, 7) is 2.17. The number of nitrogens with two attached hydrogens (primary N) is 1. The molecule has 1 aromatic rings. The van der Waals surface area contributed by atoms with E-state index >= 15 is 0 Å². The third-order valence-electron chi connectivity index (χ3n) is 1.74. The number of aromatic nitrogens is 1. The van der Waals surface area contributed by atoms with Crippen molar-refractivity contribution in [2.24, 2.45) is 0 Å². The molecule has 0 radical (unpaired) electrons. The first-order valence-corrected chi connectivity index (χ1v) is 4.03. The minimum absolute atomic E-state index is 0.869. The van der Waals surface area contributed by atoms with E-state index in [0.29, 0.717) is 0 Å². The molecule has 60 valence electrons. The molecule has 0 aromatic carbocycles. The number of hydrogen-bond acceptors (Lipinski definition) is 2. The molecule has 1 aromatic heterocycles. The summed E-state index contributed by atoms with van der Waals surface area (Å²) in [5.74, 6) is 0. The predicted molar refractivity (Wildman–Crippen MR) is 47.3 cm³/mol. The zero-order valence-electron chi connectivity index (χ0n) is 6.88. The second-order valence-electron chi connectivity index (χ2n) is 2.68. The summed E-state index contributed by atoms with van der Waals surface area (Å²) in [7, 11) is 0. The molecule has 0 atom stereocenters. The second kappa shape index (κ2) is 3.96. The van der Waals surface area contributed by atoms with E-state index in [4.69, 9.17) is 5.73 Å². The van der Waals surface area contributed by atoms with Crippen LogP contribution in [0.3, 0.4) is 0 Å². The molecular formula is C9H14N2. The fourth-order valence-electron chi connectivity index (χ4n) is 1.01. The largest absolute Gasteiger partial charge is 0.398 e. The van der Waals surface area contributed by atoms with Gasteiger partial charge in [-0.05, 0) is 24.5 Å². The Labute approximate surface area is 67.5 Å². The third kappa shape index (κ3) is 2.22. The number of pyridine rings is 1. The molecule has 1 heterocycles. The molecule has 11 heavy (non-hydrogen) atoms. The molecule has 1 rings (SSSR count). The van der Waals surface area contributed by atoms with Crippen LogP contribution in [0.1, 0.15) is 25.3 Å². The summed E-state index contributed by atoms with van der Waals surface area (Å²) in [5, 5.41) is 0. The summed E-state index contributed by atoms with van der Waals surface area (Å²) in [6, 6.07) is 1.85. The van der Waals surface area contributed by atoms with Gasteiger partial charge in [-0.2, -0.15) is 0 Å². The van der Waals surface area contributed by atoms with Crippen LogP contribution < -0.4 is 5.73 Å². The van der Waals surface area contributed by atoms with Crippen LogP contribution in [0, 0.1) is 0 Å². The van der Waals surface area contributed by atoms with Crippen molar-refractivity contribution in [2.75, 3.05) is 5.73 Å². The Bertz CT molecular complexity index is 221. The minimum Gasteiger partial charge on any atom is -0.398 e. The average Bonchev–Trinajstić information content (AvgIpc) is 2.03. The molecule has 2 N–H and O–H groups in total. The van der Waals surface area contributed by atoms with E-state index < -0.39 is 0 Å². The Balaban J connectivity index is 2.62. The van der Waals surface area contributed by atoms with Crippen LogP contribution in [0.15, 0.2) is 18.5 Å². The lowest BCUT2D eigenvalue weighted by molar-refractivity contribution is 0.793. The summed E-state index contributed by atoms with van der Waals surface area (Å²) >= 11 is 0. The molecule has 0 bridgehead atoms. The summed E-state index contributed by atoms with van der Waals surface area (Å²) in [5.41, 5.74) is 7.77. The van der Waals surface area contributed by atoms with E-state index in [2.05, 4.69) is 11.9 Å². The highest BCUT2D eigenvalue weighted by molar-refractivity contribution is 5.44. The molecule has 0 saturated heterocycles. The smallest absolute Gasteiger partial charge is 0.0377 e. The van der Waals surface area contributed by atoms with Gasteiger partial charge in [-0.15, -0.1) is 0 Å². The lowest BCUT2D eigenvalue weighted by atomic mass is 10.1. The highest BCUT2D eigenvalue weighted by Gasteiger charge is 1.95. The fraction of sp³-hybridized carbons (Fsp3) is 0.444. The first-order chi connectivity index (χ1) is 5.34. The summed E-state index contributed by atoms with van der Waals surface area (Å²) in [6.07, 6.45) is 7.02. The molecule has 0 unspecified atom stereocenters. The Kier molecular flexibility index (Phi) is 2.90. The molecule has 2 nitrogen and oxygen atoms in total. The maximum absolute atomic E-state index is 5.72. The van der Waals surface area contributed by atoms with Gasteiger partial charge in [0.15, 0.2) is 0 Å². The normalized spacial score (nSPS) is 9.91. The van der Waals surface area contributed by atoms with Gasteiger partial charge in [0.25, 0.3) is 0 Å². The standard InChI is InChI=1S/C9H14N2/c1-2-3-4-8-7-11-6-5-9(8)10/h5-7H,2-4H2,1H3,(H2,10,11). The topological polar surface area (TPSA) is 38.9 Å². The third-order valence-corrected chi connectivity index (χ3v) is 1.74. The number of unbranched alkanes of at least 4 members (excludes halogenated alkanes) is 1. The van der Waals surface area contributed by atoms with Gasteiger partial charge in [-0.3, -0.25) is 4.98 Å². The number of nitrogens with zero attached hydrogens (tertiary/aromatic N) is 1. The van der Waals surface area contributed by atoms with Gasteiger partial charge in [-0.1, -0.05) is 13.3 Å². The maximum Gasteiger partial charge on any atom is 0.0377 e. The number of rotatable bonds is 3. The molecular weight excluding hydrogens is 136 g/mol. The van der Waals surface area contributed by atoms with E-state index in [-0.39, 0.29) is 0 Å². The highest BCUT2D eigenvalue weighted by Crippen LogP contribution is 2.11. The molecule has 0 amide bonds. The lowest BCUT2D eigenvalue weighted by Gasteiger charge is -2.01. The van der Waals surface area contributed by atoms with Crippen molar-refractivity contribution >= 4 is 5.69 Å². The Morgan fingerprint density at radius 1 is 1.55 bits per heavy atom. The van der Waals surface area contributed by atoms with Crippen molar-refractivity contribution in [3.05, 3.63) is 24.0 Å². The Morgan fingerprint density at radius 3 is 3.00 bits per heavy atom. The maximum atomic E-state index is 5.72. The van der Waals surface area contributed by atoms with Crippen LogP contribution in [0.5, 0.6) is 0 Å². The van der Waals surface area contributed by atoms with Crippen LogP contribution in [-0.4, -0.2) is 4.98 Å². The Morgan fingerprint density at radius 2 is 2.36 bits per heavy atom. The highest BCUT2D eigenvalue weighted by atomic mass is 14.7. The van der Waals surface area contributed by atoms with Crippen molar-refractivity contribution in [3.8, 4) is 0 Å². The van der Waals surface area contributed by atoms with Gasteiger partial charge in [0, 0.05) is 18.1 Å². The average molecular weight is 150 g/mol. The molecule has 0 spiro atoms. The van der Waals surface area contributed by atoms with Crippen molar-refractivity contribution < 1.29 is 0 Å². The number of aryl methyl sites for hydroxylation is 1. The van der Waals surface area contributed by atoms with Crippen molar-refractivity contribution in [2.45, 2.75) is 26.2 Å². The summed E-state index contributed by atoms with van der Waals surface area (Å²) in [4.78, 5) is 4.02. The van der Waals surface area contributed by atoms with E-state index in [1.807, 2.05) is 12.3 Å². The summed E-state index contributed by atoms with van der Waals surface area (Å²) < 4.78 is 0. The van der Waals surface area contributed by atoms with Gasteiger partial charge < -0.3 is 5.73 Å². The quantitative estimate of drug-likeness (QED) is 0.715. The van der Waals surface area contributed by atoms with E-state index in [1.165, 1.54) is 18.4 Å². The molecule has 0 aliphatic rings. The zero-order chi connectivity index (χ0) is 8.10. The van der Waals surface area contributed by atoms with Gasteiger partial charge in [0.2, 0.25) is 0 Å². The van der Waals surface area contributed by atoms with E-state index in [0.717, 1.165) is 12.1 Å². The van der Waals surface area contributed by atoms with Crippen molar-refractivity contribution in [1.82, 2.24) is 4.98 Å². The van der Waals surface area contributed by atoms with Gasteiger partial charge >= 0.3 is 0 Å². The van der Waals surface area contributed by atoms with Crippen LogP contribution in [0.2, 0.25) is 0 Å². The minimum atomic E-state index is 0.869. The second-order valence-corrected chi connectivity index (χ2v) is 2.68. The molecule has 0 saturated carbocycles. The zero-order valence-corrected chi connectivity index (χ0v) is 6.88. The number of hydrogen-bond donors (Lipinski definition) is 1. The van der Waals surface area contributed by atoms with E-state index in [1.54, 1.807) is 6.20 Å². The Hall–Kier alpha value is -1.05. The van der Waals surface area contributed by atoms with Crippen LogP contribution in [0.4, 0.5) is 5.69 Å². The van der Waals surface area contributed by atoms with Gasteiger partial charge in [0.1, 0.15) is 0 Å². The van der Waals surface area contributed by atoms with Crippen LogP contribution >= 0.6 is 0 Å². The predicted octanol–water partition coefficient (Wildman–Crippen LogP) is 2.01. The number of nitrogen functional groups attached to an aromatic ring is 1.